The Balaban J connectivity index is 2.29. The molecule has 0 amide bonds. The molecule has 2 nitrogen and oxygen atoms in total. The molecule has 1 aromatic rings. The Hall–Kier alpha value is -0.730. The van der Waals surface area contributed by atoms with Crippen LogP contribution in [0.15, 0.2) is 23.2 Å². The molecule has 1 unspecified atom stereocenters. The summed E-state index contributed by atoms with van der Waals surface area (Å²) in [6, 6.07) is 5.31. The first-order chi connectivity index (χ1) is 7.15. The van der Waals surface area contributed by atoms with Crippen molar-refractivity contribution < 1.29 is 4.74 Å². The van der Waals surface area contributed by atoms with Crippen molar-refractivity contribution >= 4 is 29.1 Å². The Morgan fingerprint density at radius 3 is 2.47 bits per heavy atom. The number of ether oxygens (including phenoxy) is 1. The number of hydrogen-bond donors (Lipinski definition) is 0. The second kappa shape index (κ2) is 4.42. The quantitative estimate of drug-likeness (QED) is 0.741. The molecular weight excluding hydrogens is 233 g/mol. The van der Waals surface area contributed by atoms with Crippen LogP contribution < -0.4 is 0 Å². The molecule has 1 aliphatic rings. The van der Waals surface area contributed by atoms with Gasteiger partial charge in [-0.2, -0.15) is 0 Å². The molecule has 1 aliphatic heterocycles. The fourth-order valence-corrected chi connectivity index (χ4v) is 1.94. The lowest BCUT2D eigenvalue weighted by molar-refractivity contribution is 0.232. The fourth-order valence-electron chi connectivity index (χ4n) is 1.41. The molecule has 0 saturated carbocycles. The summed E-state index contributed by atoms with van der Waals surface area (Å²) in [5.74, 6) is 1.11. The first-order valence-corrected chi connectivity index (χ1v) is 5.54. The molecule has 0 N–H and O–H groups in total. The topological polar surface area (TPSA) is 21.6 Å². The lowest BCUT2D eigenvalue weighted by Gasteiger charge is -2.19. The molecule has 0 aromatic heterocycles. The lowest BCUT2D eigenvalue weighted by atomic mass is 10.1. The molecule has 15 heavy (non-hydrogen) atoms. The highest BCUT2D eigenvalue weighted by molar-refractivity contribution is 6.35. The third-order valence-corrected chi connectivity index (χ3v) is 2.60. The molecule has 4 heteroatoms. The third kappa shape index (κ3) is 2.64. The molecule has 1 atom stereocenters. The predicted octanol–water partition coefficient (Wildman–Crippen LogP) is 3.41. The Morgan fingerprint density at radius 2 is 1.93 bits per heavy atom. The van der Waals surface area contributed by atoms with Crippen molar-refractivity contribution in [3.8, 4) is 0 Å². The molecular formula is C11H11Cl2NO. The monoisotopic (exact) mass is 243 g/mol. The Labute approximate surface area is 98.9 Å². The van der Waals surface area contributed by atoms with Gasteiger partial charge in [-0.25, -0.2) is 0 Å². The van der Waals surface area contributed by atoms with Gasteiger partial charge in [-0.05, 0) is 18.2 Å². The van der Waals surface area contributed by atoms with E-state index in [0.717, 1.165) is 12.1 Å². The van der Waals surface area contributed by atoms with Crippen molar-refractivity contribution in [3.63, 3.8) is 0 Å². The van der Waals surface area contributed by atoms with Gasteiger partial charge >= 0.3 is 0 Å². The van der Waals surface area contributed by atoms with Crippen LogP contribution in [0.3, 0.4) is 0 Å². The van der Waals surface area contributed by atoms with Crippen LogP contribution in [0.4, 0.5) is 0 Å². The van der Waals surface area contributed by atoms with E-state index in [1.54, 1.807) is 6.07 Å². The van der Waals surface area contributed by atoms with Gasteiger partial charge in [0.25, 0.3) is 0 Å². The van der Waals surface area contributed by atoms with Crippen LogP contribution in [0.1, 0.15) is 12.5 Å². The molecule has 0 spiro atoms. The molecule has 1 heterocycles. The average molecular weight is 244 g/mol. The summed E-state index contributed by atoms with van der Waals surface area (Å²) in [6.45, 7) is 3.59. The Kier molecular flexibility index (Phi) is 3.17. The number of aliphatic imine (C=N–C) groups is 1. The minimum absolute atomic E-state index is 0.475. The lowest BCUT2D eigenvalue weighted by Crippen LogP contribution is -2.21. The zero-order valence-corrected chi connectivity index (χ0v) is 9.85. The van der Waals surface area contributed by atoms with Gasteiger partial charge in [0.05, 0.1) is 6.61 Å². The van der Waals surface area contributed by atoms with E-state index in [-0.39, 0.29) is 0 Å². The molecule has 2 rings (SSSR count). The van der Waals surface area contributed by atoms with Crippen molar-refractivity contribution in [2.24, 2.45) is 10.9 Å². The minimum Gasteiger partial charge on any atom is -0.477 e. The number of benzene rings is 1. The van der Waals surface area contributed by atoms with E-state index >= 15 is 0 Å². The second-order valence-electron chi connectivity index (χ2n) is 3.72. The Bertz CT molecular complexity index is 383. The number of nitrogens with zero attached hydrogens (tertiary/aromatic N) is 1. The smallest absolute Gasteiger partial charge is 0.216 e. The van der Waals surface area contributed by atoms with Crippen LogP contribution in [-0.4, -0.2) is 19.0 Å². The zero-order chi connectivity index (χ0) is 10.8. The van der Waals surface area contributed by atoms with Gasteiger partial charge < -0.3 is 4.74 Å². The predicted molar refractivity (Wildman–Crippen MR) is 63.0 cm³/mol. The molecule has 1 aromatic carbocycles. The van der Waals surface area contributed by atoms with Gasteiger partial charge in [0.15, 0.2) is 0 Å². The summed E-state index contributed by atoms with van der Waals surface area (Å²) in [6.07, 6.45) is 0. The van der Waals surface area contributed by atoms with Crippen LogP contribution in [0.5, 0.6) is 0 Å². The van der Waals surface area contributed by atoms with Gasteiger partial charge in [0.2, 0.25) is 5.90 Å². The molecule has 0 radical (unpaired) electrons. The second-order valence-corrected chi connectivity index (χ2v) is 4.59. The third-order valence-electron chi connectivity index (χ3n) is 2.16. The fraction of sp³-hybridized carbons (Fsp3) is 0.364. The SMILES string of the molecule is CC1CN=C(c2cc(Cl)cc(Cl)c2)OC1. The summed E-state index contributed by atoms with van der Waals surface area (Å²) in [4.78, 5) is 4.34. The molecule has 0 fully saturated rings. The first kappa shape index (κ1) is 10.8. The van der Waals surface area contributed by atoms with Crippen LogP contribution in [0, 0.1) is 5.92 Å². The van der Waals surface area contributed by atoms with Crippen LogP contribution in [0.25, 0.3) is 0 Å². The largest absolute Gasteiger partial charge is 0.477 e. The summed E-state index contributed by atoms with van der Waals surface area (Å²) < 4.78 is 5.52. The van der Waals surface area contributed by atoms with Crippen molar-refractivity contribution in [2.75, 3.05) is 13.2 Å². The molecule has 0 aliphatic carbocycles. The van der Waals surface area contributed by atoms with E-state index in [1.807, 2.05) is 12.1 Å². The van der Waals surface area contributed by atoms with Gasteiger partial charge in [-0.1, -0.05) is 30.1 Å². The summed E-state index contributed by atoms with van der Waals surface area (Å²) >= 11 is 11.8. The van der Waals surface area contributed by atoms with Gasteiger partial charge in [-0.15, -0.1) is 0 Å². The molecule has 0 saturated heterocycles. The van der Waals surface area contributed by atoms with Gasteiger partial charge in [-0.3, -0.25) is 4.99 Å². The standard InChI is InChI=1S/C11H11Cl2NO/c1-7-5-14-11(15-6-7)8-2-9(12)4-10(13)3-8/h2-4,7H,5-6H2,1H3. The van der Waals surface area contributed by atoms with E-state index in [9.17, 15) is 0 Å². The first-order valence-electron chi connectivity index (χ1n) is 4.79. The van der Waals surface area contributed by atoms with Crippen LogP contribution >= 0.6 is 23.2 Å². The van der Waals surface area contributed by atoms with Crippen LogP contribution in [0.2, 0.25) is 10.0 Å². The summed E-state index contributed by atoms with van der Waals surface area (Å²) in [7, 11) is 0. The van der Waals surface area contributed by atoms with E-state index in [0.29, 0.717) is 28.5 Å². The summed E-state index contributed by atoms with van der Waals surface area (Å²) in [5.41, 5.74) is 0.847. The highest BCUT2D eigenvalue weighted by Gasteiger charge is 2.14. The molecule has 80 valence electrons. The highest BCUT2D eigenvalue weighted by Crippen LogP contribution is 2.21. The number of halogens is 2. The zero-order valence-electron chi connectivity index (χ0n) is 8.34. The maximum atomic E-state index is 5.90. The maximum Gasteiger partial charge on any atom is 0.216 e. The normalized spacial score (nSPS) is 20.7. The van der Waals surface area contributed by atoms with Crippen LogP contribution in [-0.2, 0) is 4.74 Å². The molecule has 0 bridgehead atoms. The van der Waals surface area contributed by atoms with Gasteiger partial charge in [0.1, 0.15) is 0 Å². The van der Waals surface area contributed by atoms with E-state index in [1.165, 1.54) is 0 Å². The van der Waals surface area contributed by atoms with Crippen molar-refractivity contribution in [1.29, 1.82) is 0 Å². The van der Waals surface area contributed by atoms with Crippen molar-refractivity contribution in [1.82, 2.24) is 0 Å². The maximum absolute atomic E-state index is 5.90. The van der Waals surface area contributed by atoms with E-state index < -0.39 is 0 Å². The average Bonchev–Trinajstić information content (AvgIpc) is 2.17. The van der Waals surface area contributed by atoms with E-state index in [2.05, 4.69) is 11.9 Å². The van der Waals surface area contributed by atoms with Crippen molar-refractivity contribution in [2.45, 2.75) is 6.92 Å². The Morgan fingerprint density at radius 1 is 1.27 bits per heavy atom. The minimum atomic E-state index is 0.475. The number of rotatable bonds is 1. The van der Waals surface area contributed by atoms with Crippen molar-refractivity contribution in [3.05, 3.63) is 33.8 Å². The van der Waals surface area contributed by atoms with Gasteiger partial charge in [0, 0.05) is 28.1 Å². The number of hydrogen-bond acceptors (Lipinski definition) is 2. The summed E-state index contributed by atoms with van der Waals surface area (Å²) in [5, 5.41) is 1.20. The van der Waals surface area contributed by atoms with E-state index in [4.69, 9.17) is 27.9 Å². The highest BCUT2D eigenvalue weighted by atomic mass is 35.5.